The molecule has 21 heavy (non-hydrogen) atoms. The van der Waals surface area contributed by atoms with Gasteiger partial charge in [0.1, 0.15) is 5.82 Å². The fraction of sp³-hybridized carbons (Fsp3) is 0.125. The van der Waals surface area contributed by atoms with Crippen molar-refractivity contribution in [3.05, 3.63) is 65.3 Å². The third-order valence-corrected chi connectivity index (χ3v) is 4.09. The van der Waals surface area contributed by atoms with Gasteiger partial charge in [-0.2, -0.15) is 0 Å². The van der Waals surface area contributed by atoms with E-state index in [2.05, 4.69) is 4.98 Å². The van der Waals surface area contributed by atoms with Crippen LogP contribution in [0.15, 0.2) is 54.2 Å². The maximum Gasteiger partial charge on any atom is 0.338 e. The highest BCUT2D eigenvalue weighted by Crippen LogP contribution is 2.24. The van der Waals surface area contributed by atoms with Crippen LogP contribution in [0.3, 0.4) is 0 Å². The number of thiophene rings is 1. The minimum absolute atomic E-state index is 0.316. The van der Waals surface area contributed by atoms with E-state index in [-0.39, 0.29) is 5.97 Å². The summed E-state index contributed by atoms with van der Waals surface area (Å²) in [4.78, 5) is 17.3. The van der Waals surface area contributed by atoms with Crippen LogP contribution < -0.4 is 0 Å². The Bertz CT molecular complexity index is 747. The number of carbonyl (C=O) groups excluding carboxylic acids is 1. The molecular formula is C16H14N2O2S. The summed E-state index contributed by atoms with van der Waals surface area (Å²) < 4.78 is 6.87. The highest BCUT2D eigenvalue weighted by molar-refractivity contribution is 7.13. The molecule has 0 bridgehead atoms. The first-order valence-corrected chi connectivity index (χ1v) is 7.39. The molecule has 0 unspecified atom stereocenters. The van der Waals surface area contributed by atoms with Crippen LogP contribution in [-0.4, -0.2) is 22.6 Å². The van der Waals surface area contributed by atoms with Gasteiger partial charge in [0.2, 0.25) is 0 Å². The molecule has 0 fully saturated rings. The molecule has 4 nitrogen and oxygen atoms in total. The number of methoxy groups -OCH3 is 1. The Morgan fingerprint density at radius 1 is 1.29 bits per heavy atom. The summed E-state index contributed by atoms with van der Waals surface area (Å²) in [7, 11) is 1.40. The first-order valence-electron chi connectivity index (χ1n) is 6.51. The average Bonchev–Trinajstić information content (AvgIpc) is 3.17. The second-order valence-electron chi connectivity index (χ2n) is 4.50. The van der Waals surface area contributed by atoms with E-state index in [0.717, 1.165) is 16.3 Å². The molecule has 0 amide bonds. The Morgan fingerprint density at radius 2 is 2.14 bits per heavy atom. The lowest BCUT2D eigenvalue weighted by molar-refractivity contribution is 0.0599. The second-order valence-corrected chi connectivity index (χ2v) is 5.45. The fourth-order valence-corrected chi connectivity index (χ4v) is 2.95. The molecule has 2 aromatic heterocycles. The number of ether oxygens (including phenoxy) is 1. The Morgan fingerprint density at radius 3 is 2.90 bits per heavy atom. The quantitative estimate of drug-likeness (QED) is 0.693. The molecule has 1 aromatic carbocycles. The first-order chi connectivity index (χ1) is 10.3. The smallest absolute Gasteiger partial charge is 0.338 e. The third kappa shape index (κ3) is 2.73. The van der Waals surface area contributed by atoms with Crippen LogP contribution in [0, 0.1) is 0 Å². The van der Waals surface area contributed by atoms with Gasteiger partial charge in [-0.25, -0.2) is 9.78 Å². The third-order valence-electron chi connectivity index (χ3n) is 3.22. The van der Waals surface area contributed by atoms with Crippen molar-refractivity contribution in [3.63, 3.8) is 0 Å². The molecule has 0 aliphatic rings. The molecule has 3 aromatic rings. The fourth-order valence-electron chi connectivity index (χ4n) is 2.22. The molecule has 3 rings (SSSR count). The predicted molar refractivity (Wildman–Crippen MR) is 82.4 cm³/mol. The lowest BCUT2D eigenvalue weighted by Crippen LogP contribution is -2.09. The minimum Gasteiger partial charge on any atom is -0.465 e. The van der Waals surface area contributed by atoms with Crippen LogP contribution >= 0.6 is 11.3 Å². The molecule has 0 spiro atoms. The van der Waals surface area contributed by atoms with Crippen LogP contribution in [-0.2, 0) is 11.3 Å². The Hall–Kier alpha value is -2.40. The summed E-state index contributed by atoms with van der Waals surface area (Å²) >= 11 is 1.65. The minimum atomic E-state index is -0.316. The molecule has 106 valence electrons. The molecule has 2 heterocycles. The van der Waals surface area contributed by atoms with Gasteiger partial charge in [0.05, 0.1) is 17.6 Å². The molecule has 0 aliphatic heterocycles. The number of hydrogen-bond acceptors (Lipinski definition) is 4. The number of aromatic nitrogens is 2. The maximum atomic E-state index is 11.8. The van der Waals surface area contributed by atoms with Crippen molar-refractivity contribution < 1.29 is 9.53 Å². The largest absolute Gasteiger partial charge is 0.465 e. The molecule has 0 atom stereocenters. The van der Waals surface area contributed by atoms with E-state index in [9.17, 15) is 4.79 Å². The van der Waals surface area contributed by atoms with Gasteiger partial charge in [-0.05, 0) is 23.1 Å². The second kappa shape index (κ2) is 5.93. The topological polar surface area (TPSA) is 44.1 Å². The van der Waals surface area contributed by atoms with E-state index in [1.165, 1.54) is 7.11 Å². The Balaban J connectivity index is 1.95. The number of hydrogen-bond donors (Lipinski definition) is 0. The van der Waals surface area contributed by atoms with E-state index in [1.807, 2.05) is 46.5 Å². The van der Waals surface area contributed by atoms with Gasteiger partial charge in [0.25, 0.3) is 0 Å². The van der Waals surface area contributed by atoms with Crippen molar-refractivity contribution in [2.45, 2.75) is 6.54 Å². The van der Waals surface area contributed by atoms with Gasteiger partial charge >= 0.3 is 5.97 Å². The number of rotatable bonds is 4. The highest BCUT2D eigenvalue weighted by atomic mass is 32.1. The molecule has 0 radical (unpaired) electrons. The summed E-state index contributed by atoms with van der Waals surface area (Å²) in [6.45, 7) is 0.582. The summed E-state index contributed by atoms with van der Waals surface area (Å²) in [6, 6.07) is 11.5. The van der Waals surface area contributed by atoms with Gasteiger partial charge in [0.15, 0.2) is 0 Å². The molecule has 5 heteroatoms. The Labute approximate surface area is 126 Å². The lowest BCUT2D eigenvalue weighted by atomic mass is 10.1. The van der Waals surface area contributed by atoms with E-state index in [4.69, 9.17) is 4.74 Å². The van der Waals surface area contributed by atoms with Crippen molar-refractivity contribution in [1.82, 2.24) is 9.55 Å². The molecule has 0 saturated carbocycles. The summed E-state index contributed by atoms with van der Waals surface area (Å²) in [5.74, 6) is 0.591. The van der Waals surface area contributed by atoms with Crippen LogP contribution in [0.2, 0.25) is 0 Å². The number of esters is 1. The van der Waals surface area contributed by atoms with Gasteiger partial charge in [0, 0.05) is 18.9 Å². The summed E-state index contributed by atoms with van der Waals surface area (Å²) in [5.41, 5.74) is 1.51. The van der Waals surface area contributed by atoms with Gasteiger partial charge in [-0.15, -0.1) is 11.3 Å². The van der Waals surface area contributed by atoms with E-state index in [0.29, 0.717) is 12.1 Å². The zero-order valence-corrected chi connectivity index (χ0v) is 12.3. The number of nitrogens with zero attached hydrogens (tertiary/aromatic N) is 2. The van der Waals surface area contributed by atoms with E-state index in [1.54, 1.807) is 23.6 Å². The van der Waals surface area contributed by atoms with Crippen molar-refractivity contribution in [3.8, 4) is 10.7 Å². The summed E-state index contributed by atoms with van der Waals surface area (Å²) in [6.07, 6.45) is 3.69. The summed E-state index contributed by atoms with van der Waals surface area (Å²) in [5, 5.41) is 2.02. The molecule has 0 N–H and O–H groups in total. The van der Waals surface area contributed by atoms with Crippen LogP contribution in [0.1, 0.15) is 15.9 Å². The number of imidazole rings is 1. The monoisotopic (exact) mass is 298 g/mol. The normalized spacial score (nSPS) is 10.5. The maximum absolute atomic E-state index is 11.8. The predicted octanol–water partition coefficient (Wildman–Crippen LogP) is 3.45. The SMILES string of the molecule is COC(=O)c1ccccc1Cn1ccnc1-c1cccs1. The highest BCUT2D eigenvalue weighted by Gasteiger charge is 2.13. The lowest BCUT2D eigenvalue weighted by Gasteiger charge is -2.10. The van der Waals surface area contributed by atoms with Crippen molar-refractivity contribution in [1.29, 1.82) is 0 Å². The van der Waals surface area contributed by atoms with Gasteiger partial charge < -0.3 is 9.30 Å². The van der Waals surface area contributed by atoms with Crippen molar-refractivity contribution in [2.24, 2.45) is 0 Å². The zero-order valence-electron chi connectivity index (χ0n) is 11.5. The van der Waals surface area contributed by atoms with Crippen LogP contribution in [0.5, 0.6) is 0 Å². The standard InChI is InChI=1S/C16H14N2O2S/c1-20-16(19)13-6-3-2-5-12(13)11-18-9-8-17-15(18)14-7-4-10-21-14/h2-10H,11H2,1H3. The van der Waals surface area contributed by atoms with E-state index < -0.39 is 0 Å². The van der Waals surface area contributed by atoms with Crippen molar-refractivity contribution in [2.75, 3.05) is 7.11 Å². The van der Waals surface area contributed by atoms with Crippen molar-refractivity contribution >= 4 is 17.3 Å². The number of benzene rings is 1. The van der Waals surface area contributed by atoms with Gasteiger partial charge in [-0.1, -0.05) is 24.3 Å². The van der Waals surface area contributed by atoms with Crippen LogP contribution in [0.4, 0.5) is 0 Å². The number of carbonyl (C=O) groups is 1. The Kier molecular flexibility index (Phi) is 3.83. The van der Waals surface area contributed by atoms with Gasteiger partial charge in [-0.3, -0.25) is 0 Å². The molecule has 0 aliphatic carbocycles. The zero-order chi connectivity index (χ0) is 14.7. The van der Waals surface area contributed by atoms with E-state index >= 15 is 0 Å². The first kappa shape index (κ1) is 13.6. The van der Waals surface area contributed by atoms with Crippen LogP contribution in [0.25, 0.3) is 10.7 Å². The molecule has 0 saturated heterocycles. The molecular weight excluding hydrogens is 284 g/mol. The average molecular weight is 298 g/mol.